The molecule has 3 rings (SSSR count). The number of aryl methyl sites for hydroxylation is 1. The molecule has 1 aromatic carbocycles. The summed E-state index contributed by atoms with van der Waals surface area (Å²) in [5, 5.41) is 3.29. The van der Waals surface area contributed by atoms with E-state index in [1.165, 1.54) is 0 Å². The van der Waals surface area contributed by atoms with Gasteiger partial charge in [-0.2, -0.15) is 9.97 Å². The molecule has 2 heterocycles. The van der Waals surface area contributed by atoms with Gasteiger partial charge < -0.3 is 22.5 Å². The number of nitrogens with zero attached hydrogens (tertiary/aromatic N) is 4. The fraction of sp³-hybridized carbons (Fsp3) is 0.143. The minimum atomic E-state index is 0.0858. The third-order valence-electron chi connectivity index (χ3n) is 3.21. The van der Waals surface area contributed by atoms with Crippen LogP contribution < -0.4 is 22.5 Å². The second kappa shape index (κ2) is 5.32. The standard InChI is InChI=1S/C14H16N8/c1-7-4-8(15)2-3-10(7)18-5-9-6-19-13-11(20-9)12(16)21-14(17)22-13/h2-4,6,18H,5,15H2,1H3,(H4,16,17,19,21,22). The molecule has 0 radical (unpaired) electrons. The van der Waals surface area contributed by atoms with Gasteiger partial charge in [0.15, 0.2) is 17.0 Å². The Labute approximate surface area is 126 Å². The van der Waals surface area contributed by atoms with Gasteiger partial charge in [0.05, 0.1) is 18.4 Å². The second-order valence-corrected chi connectivity index (χ2v) is 4.93. The molecular formula is C14H16N8. The Balaban J connectivity index is 1.85. The van der Waals surface area contributed by atoms with Crippen LogP contribution >= 0.6 is 0 Å². The Morgan fingerprint density at radius 3 is 2.68 bits per heavy atom. The highest BCUT2D eigenvalue weighted by Gasteiger charge is 2.08. The van der Waals surface area contributed by atoms with Crippen LogP contribution in [0.5, 0.6) is 0 Å². The number of rotatable bonds is 3. The lowest BCUT2D eigenvalue weighted by molar-refractivity contribution is 1.02. The lowest BCUT2D eigenvalue weighted by Crippen LogP contribution is -2.07. The average molecular weight is 296 g/mol. The van der Waals surface area contributed by atoms with E-state index in [1.54, 1.807) is 6.20 Å². The van der Waals surface area contributed by atoms with Crippen molar-refractivity contribution in [1.29, 1.82) is 0 Å². The van der Waals surface area contributed by atoms with Gasteiger partial charge in [-0.15, -0.1) is 0 Å². The number of aromatic nitrogens is 4. The molecule has 0 unspecified atom stereocenters. The molecular weight excluding hydrogens is 280 g/mol. The average Bonchev–Trinajstić information content (AvgIpc) is 2.46. The number of nitrogens with two attached hydrogens (primary N) is 3. The van der Waals surface area contributed by atoms with Crippen molar-refractivity contribution in [1.82, 2.24) is 19.9 Å². The first kappa shape index (κ1) is 13.8. The van der Waals surface area contributed by atoms with Gasteiger partial charge in [-0.05, 0) is 30.7 Å². The molecule has 0 atom stereocenters. The fourth-order valence-corrected chi connectivity index (χ4v) is 2.14. The zero-order valence-corrected chi connectivity index (χ0v) is 12.0. The van der Waals surface area contributed by atoms with Crippen molar-refractivity contribution in [2.24, 2.45) is 0 Å². The summed E-state index contributed by atoms with van der Waals surface area (Å²) < 4.78 is 0. The van der Waals surface area contributed by atoms with Crippen LogP contribution in [0, 0.1) is 6.92 Å². The van der Waals surface area contributed by atoms with E-state index in [0.29, 0.717) is 17.7 Å². The normalized spacial score (nSPS) is 10.8. The van der Waals surface area contributed by atoms with Crippen LogP contribution in [0.1, 0.15) is 11.3 Å². The van der Waals surface area contributed by atoms with Crippen molar-refractivity contribution in [2.45, 2.75) is 13.5 Å². The van der Waals surface area contributed by atoms with Gasteiger partial charge in [0, 0.05) is 11.4 Å². The minimum absolute atomic E-state index is 0.0858. The number of hydrogen-bond acceptors (Lipinski definition) is 8. The molecule has 0 aliphatic carbocycles. The van der Waals surface area contributed by atoms with Crippen LogP contribution in [-0.4, -0.2) is 19.9 Å². The first-order valence-corrected chi connectivity index (χ1v) is 6.67. The lowest BCUT2D eigenvalue weighted by atomic mass is 10.2. The fourth-order valence-electron chi connectivity index (χ4n) is 2.14. The van der Waals surface area contributed by atoms with E-state index in [4.69, 9.17) is 17.2 Å². The van der Waals surface area contributed by atoms with Crippen LogP contribution in [0.4, 0.5) is 23.1 Å². The van der Waals surface area contributed by atoms with Gasteiger partial charge in [0.25, 0.3) is 0 Å². The zero-order chi connectivity index (χ0) is 15.7. The molecule has 0 amide bonds. The predicted octanol–water partition coefficient (Wildman–Crippen LogP) is 1.09. The second-order valence-electron chi connectivity index (χ2n) is 4.93. The molecule has 0 spiro atoms. The van der Waals surface area contributed by atoms with Crippen LogP contribution in [0.15, 0.2) is 24.4 Å². The highest BCUT2D eigenvalue weighted by atomic mass is 15.1. The molecule has 0 bridgehead atoms. The number of nitrogen functional groups attached to an aromatic ring is 3. The van der Waals surface area contributed by atoms with E-state index >= 15 is 0 Å². The molecule has 0 fully saturated rings. The van der Waals surface area contributed by atoms with E-state index in [-0.39, 0.29) is 11.8 Å². The Morgan fingerprint density at radius 1 is 1.09 bits per heavy atom. The summed E-state index contributed by atoms with van der Waals surface area (Å²) >= 11 is 0. The monoisotopic (exact) mass is 296 g/mol. The van der Waals surface area contributed by atoms with Gasteiger partial charge in [-0.1, -0.05) is 0 Å². The molecule has 22 heavy (non-hydrogen) atoms. The highest BCUT2D eigenvalue weighted by Crippen LogP contribution is 2.19. The summed E-state index contributed by atoms with van der Waals surface area (Å²) in [5.41, 5.74) is 21.4. The Hall–Kier alpha value is -3.16. The molecule has 8 nitrogen and oxygen atoms in total. The molecule has 112 valence electrons. The summed E-state index contributed by atoms with van der Waals surface area (Å²) in [5.74, 6) is 0.309. The van der Waals surface area contributed by atoms with Crippen LogP contribution in [0.25, 0.3) is 11.2 Å². The third-order valence-corrected chi connectivity index (χ3v) is 3.21. The van der Waals surface area contributed by atoms with E-state index in [9.17, 15) is 0 Å². The van der Waals surface area contributed by atoms with Gasteiger partial charge in [-0.25, -0.2) is 9.97 Å². The number of hydrogen-bond donors (Lipinski definition) is 4. The van der Waals surface area contributed by atoms with Crippen molar-refractivity contribution < 1.29 is 0 Å². The van der Waals surface area contributed by atoms with E-state index < -0.39 is 0 Å². The molecule has 0 aliphatic heterocycles. The lowest BCUT2D eigenvalue weighted by Gasteiger charge is -2.10. The summed E-state index contributed by atoms with van der Waals surface area (Å²) in [4.78, 5) is 16.5. The summed E-state index contributed by atoms with van der Waals surface area (Å²) in [6.07, 6.45) is 1.63. The zero-order valence-electron chi connectivity index (χ0n) is 12.0. The molecule has 2 aromatic heterocycles. The largest absolute Gasteiger partial charge is 0.399 e. The van der Waals surface area contributed by atoms with Crippen molar-refractivity contribution in [3.63, 3.8) is 0 Å². The smallest absolute Gasteiger partial charge is 0.224 e. The molecule has 3 aromatic rings. The SMILES string of the molecule is Cc1cc(N)ccc1NCc1cnc2nc(N)nc(N)c2n1. The van der Waals surface area contributed by atoms with Crippen molar-refractivity contribution in [2.75, 3.05) is 22.5 Å². The Morgan fingerprint density at radius 2 is 1.91 bits per heavy atom. The molecule has 0 aliphatic rings. The van der Waals surface area contributed by atoms with Gasteiger partial charge >= 0.3 is 0 Å². The summed E-state index contributed by atoms with van der Waals surface area (Å²) in [7, 11) is 0. The maximum atomic E-state index is 5.81. The van der Waals surface area contributed by atoms with Gasteiger partial charge in [-0.3, -0.25) is 0 Å². The first-order chi connectivity index (χ1) is 10.5. The van der Waals surface area contributed by atoms with Gasteiger partial charge in [0.1, 0.15) is 0 Å². The first-order valence-electron chi connectivity index (χ1n) is 6.67. The Kier molecular flexibility index (Phi) is 3.34. The predicted molar refractivity (Wildman–Crippen MR) is 86.9 cm³/mol. The Bertz CT molecular complexity index is 846. The number of fused-ring (bicyclic) bond motifs is 1. The maximum absolute atomic E-state index is 5.81. The number of benzene rings is 1. The van der Waals surface area contributed by atoms with E-state index in [2.05, 4.69) is 25.3 Å². The third kappa shape index (κ3) is 2.66. The summed E-state index contributed by atoms with van der Waals surface area (Å²) in [6.45, 7) is 2.48. The van der Waals surface area contributed by atoms with E-state index in [1.807, 2.05) is 25.1 Å². The van der Waals surface area contributed by atoms with Crippen molar-refractivity contribution >= 4 is 34.3 Å². The maximum Gasteiger partial charge on any atom is 0.224 e. The van der Waals surface area contributed by atoms with Crippen LogP contribution in [0.2, 0.25) is 0 Å². The molecule has 7 N–H and O–H groups in total. The van der Waals surface area contributed by atoms with Crippen LogP contribution in [-0.2, 0) is 6.54 Å². The van der Waals surface area contributed by atoms with Gasteiger partial charge in [0.2, 0.25) is 5.95 Å². The molecule has 8 heteroatoms. The van der Waals surface area contributed by atoms with Crippen molar-refractivity contribution in [3.8, 4) is 0 Å². The van der Waals surface area contributed by atoms with Crippen LogP contribution in [0.3, 0.4) is 0 Å². The topological polar surface area (TPSA) is 142 Å². The number of anilines is 4. The van der Waals surface area contributed by atoms with Crippen molar-refractivity contribution in [3.05, 3.63) is 35.7 Å². The highest BCUT2D eigenvalue weighted by molar-refractivity contribution is 5.81. The molecule has 0 saturated carbocycles. The summed E-state index contributed by atoms with van der Waals surface area (Å²) in [6, 6.07) is 5.68. The quantitative estimate of drug-likeness (QED) is 0.526. The molecule has 0 saturated heterocycles. The number of nitrogens with one attached hydrogen (secondary N) is 1. The minimum Gasteiger partial charge on any atom is -0.399 e. The van der Waals surface area contributed by atoms with E-state index in [0.717, 1.165) is 22.6 Å².